The number of hydrogen-bond acceptors (Lipinski definition) is 2. The van der Waals surface area contributed by atoms with E-state index in [0.717, 1.165) is 18.2 Å². The molecule has 116 valence electrons. The highest BCUT2D eigenvalue weighted by atomic mass is 35.5. The first kappa shape index (κ1) is 16.9. The van der Waals surface area contributed by atoms with Gasteiger partial charge in [-0.1, -0.05) is 53.0 Å². The molecule has 0 aromatic heterocycles. The van der Waals surface area contributed by atoms with Crippen LogP contribution in [-0.2, 0) is 6.18 Å². The number of alkyl halides is 3. The van der Waals surface area contributed by atoms with E-state index < -0.39 is 27.9 Å². The monoisotopic (exact) mass is 369 g/mol. The standard InChI is InChI=1S/C13H5Cl3F3NO2/c14-8-5-4-7(11(15)12(8)16)6-2-1-3-9(20(21)22)10(6)13(17,18)19/h1-5H. The van der Waals surface area contributed by atoms with Crippen LogP contribution in [0.4, 0.5) is 18.9 Å². The van der Waals surface area contributed by atoms with Crippen LogP contribution in [0.3, 0.4) is 0 Å². The van der Waals surface area contributed by atoms with Gasteiger partial charge in [-0.3, -0.25) is 10.1 Å². The lowest BCUT2D eigenvalue weighted by Gasteiger charge is -2.15. The summed E-state index contributed by atoms with van der Waals surface area (Å²) in [6.45, 7) is 0. The second-order valence-electron chi connectivity index (χ2n) is 4.18. The molecule has 22 heavy (non-hydrogen) atoms. The molecule has 0 N–H and O–H groups in total. The largest absolute Gasteiger partial charge is 0.423 e. The zero-order valence-corrected chi connectivity index (χ0v) is 12.7. The first-order valence-electron chi connectivity index (χ1n) is 5.63. The van der Waals surface area contributed by atoms with Gasteiger partial charge in [0.15, 0.2) is 0 Å². The Morgan fingerprint density at radius 3 is 2.14 bits per heavy atom. The van der Waals surface area contributed by atoms with Crippen LogP contribution in [-0.4, -0.2) is 4.92 Å². The number of nitro benzene ring substituents is 1. The molecule has 0 aliphatic carbocycles. The minimum absolute atomic E-state index is 0.0643. The van der Waals surface area contributed by atoms with Gasteiger partial charge in [0, 0.05) is 17.2 Å². The topological polar surface area (TPSA) is 43.1 Å². The van der Waals surface area contributed by atoms with Crippen molar-refractivity contribution in [1.82, 2.24) is 0 Å². The average molecular weight is 371 g/mol. The minimum Gasteiger partial charge on any atom is -0.258 e. The number of nitrogens with zero attached hydrogens (tertiary/aromatic N) is 1. The first-order valence-corrected chi connectivity index (χ1v) is 6.76. The second-order valence-corrected chi connectivity index (χ2v) is 5.34. The van der Waals surface area contributed by atoms with Crippen LogP contribution in [0.2, 0.25) is 15.1 Å². The van der Waals surface area contributed by atoms with Gasteiger partial charge in [0.25, 0.3) is 5.69 Å². The van der Waals surface area contributed by atoms with Crippen molar-refractivity contribution in [3.05, 3.63) is 61.1 Å². The highest BCUT2D eigenvalue weighted by Gasteiger charge is 2.41. The van der Waals surface area contributed by atoms with Gasteiger partial charge >= 0.3 is 6.18 Å². The highest BCUT2D eigenvalue weighted by Crippen LogP contribution is 2.46. The SMILES string of the molecule is O=[N+]([O-])c1cccc(-c2ccc(Cl)c(Cl)c2Cl)c1C(F)(F)F. The molecule has 0 saturated carbocycles. The molecule has 0 spiro atoms. The Kier molecular flexibility index (Phi) is 4.56. The third kappa shape index (κ3) is 2.99. The Morgan fingerprint density at radius 1 is 0.955 bits per heavy atom. The lowest BCUT2D eigenvalue weighted by Crippen LogP contribution is -2.11. The van der Waals surface area contributed by atoms with E-state index in [9.17, 15) is 23.3 Å². The van der Waals surface area contributed by atoms with Gasteiger partial charge in [0.1, 0.15) is 5.56 Å². The molecule has 3 nitrogen and oxygen atoms in total. The van der Waals surface area contributed by atoms with E-state index in [4.69, 9.17) is 34.8 Å². The predicted octanol–water partition coefficient (Wildman–Crippen LogP) is 6.24. The quantitative estimate of drug-likeness (QED) is 0.357. The molecule has 2 aromatic carbocycles. The molecule has 0 fully saturated rings. The van der Waals surface area contributed by atoms with E-state index in [0.29, 0.717) is 0 Å². The molecule has 2 aromatic rings. The van der Waals surface area contributed by atoms with Crippen molar-refractivity contribution in [2.75, 3.05) is 0 Å². The normalized spacial score (nSPS) is 11.5. The summed E-state index contributed by atoms with van der Waals surface area (Å²) in [5.74, 6) is 0. The first-order chi connectivity index (χ1) is 10.1. The number of hydrogen-bond donors (Lipinski definition) is 0. The summed E-state index contributed by atoms with van der Waals surface area (Å²) in [6.07, 6.45) is -4.94. The van der Waals surface area contributed by atoms with E-state index >= 15 is 0 Å². The molecule has 0 heterocycles. The Hall–Kier alpha value is -1.50. The molecule has 0 bridgehead atoms. The number of halogens is 6. The molecule has 0 saturated heterocycles. The van der Waals surface area contributed by atoms with Crippen LogP contribution in [0.15, 0.2) is 30.3 Å². The minimum atomic E-state index is -4.94. The second kappa shape index (κ2) is 5.95. The maximum atomic E-state index is 13.3. The maximum absolute atomic E-state index is 13.3. The van der Waals surface area contributed by atoms with Gasteiger partial charge in [0.2, 0.25) is 0 Å². The molecule has 0 aliphatic heterocycles. The molecular formula is C13H5Cl3F3NO2. The smallest absolute Gasteiger partial charge is 0.258 e. The molecule has 9 heteroatoms. The Labute approximate surface area is 137 Å². The van der Waals surface area contributed by atoms with E-state index in [1.807, 2.05) is 0 Å². The number of benzene rings is 2. The van der Waals surface area contributed by atoms with Gasteiger partial charge in [-0.15, -0.1) is 0 Å². The number of rotatable bonds is 2. The van der Waals surface area contributed by atoms with Gasteiger partial charge in [-0.25, -0.2) is 0 Å². The fourth-order valence-electron chi connectivity index (χ4n) is 1.95. The Bertz CT molecular complexity index is 763. The van der Waals surface area contributed by atoms with E-state index in [1.54, 1.807) is 0 Å². The third-order valence-electron chi connectivity index (χ3n) is 2.85. The fourth-order valence-corrected chi connectivity index (χ4v) is 2.59. The Balaban J connectivity index is 2.85. The molecule has 0 atom stereocenters. The summed E-state index contributed by atoms with van der Waals surface area (Å²) < 4.78 is 39.8. The molecule has 2 rings (SSSR count). The van der Waals surface area contributed by atoms with Crippen molar-refractivity contribution in [2.45, 2.75) is 6.18 Å². The summed E-state index contributed by atoms with van der Waals surface area (Å²) >= 11 is 17.5. The maximum Gasteiger partial charge on any atom is 0.423 e. The lowest BCUT2D eigenvalue weighted by molar-refractivity contribution is -0.388. The lowest BCUT2D eigenvalue weighted by atomic mass is 9.97. The van der Waals surface area contributed by atoms with E-state index in [2.05, 4.69) is 0 Å². The van der Waals surface area contributed by atoms with E-state index in [1.165, 1.54) is 12.1 Å². The van der Waals surface area contributed by atoms with Crippen molar-refractivity contribution in [1.29, 1.82) is 0 Å². The summed E-state index contributed by atoms with van der Waals surface area (Å²) in [4.78, 5) is 9.78. The van der Waals surface area contributed by atoms with E-state index in [-0.39, 0.29) is 20.6 Å². The molecule has 0 amide bonds. The van der Waals surface area contributed by atoms with Crippen LogP contribution in [0, 0.1) is 10.1 Å². The summed E-state index contributed by atoms with van der Waals surface area (Å²) in [5, 5.41) is 10.6. The molecule has 0 radical (unpaired) electrons. The van der Waals surface area contributed by atoms with Gasteiger partial charge < -0.3 is 0 Å². The fraction of sp³-hybridized carbons (Fsp3) is 0.0769. The zero-order chi connectivity index (χ0) is 16.7. The van der Waals surface area contributed by atoms with Crippen molar-refractivity contribution in [3.63, 3.8) is 0 Å². The van der Waals surface area contributed by atoms with Gasteiger partial charge in [0.05, 0.1) is 20.0 Å². The Morgan fingerprint density at radius 2 is 1.59 bits per heavy atom. The van der Waals surface area contributed by atoms with Gasteiger partial charge in [-0.2, -0.15) is 13.2 Å². The molecular weight excluding hydrogens is 366 g/mol. The van der Waals surface area contributed by atoms with Crippen molar-refractivity contribution < 1.29 is 18.1 Å². The van der Waals surface area contributed by atoms with Crippen LogP contribution < -0.4 is 0 Å². The molecule has 0 unspecified atom stereocenters. The summed E-state index contributed by atoms with van der Waals surface area (Å²) in [7, 11) is 0. The van der Waals surface area contributed by atoms with Crippen molar-refractivity contribution in [3.8, 4) is 11.1 Å². The predicted molar refractivity (Wildman–Crippen MR) is 78.6 cm³/mol. The highest BCUT2D eigenvalue weighted by molar-refractivity contribution is 6.49. The number of nitro groups is 1. The average Bonchev–Trinajstić information content (AvgIpc) is 2.43. The summed E-state index contributed by atoms with van der Waals surface area (Å²) in [6, 6.07) is 5.50. The van der Waals surface area contributed by atoms with Crippen molar-refractivity contribution >= 4 is 40.5 Å². The van der Waals surface area contributed by atoms with Crippen LogP contribution >= 0.6 is 34.8 Å². The molecule has 0 aliphatic rings. The van der Waals surface area contributed by atoms with Crippen molar-refractivity contribution in [2.24, 2.45) is 0 Å². The van der Waals surface area contributed by atoms with Crippen LogP contribution in [0.1, 0.15) is 5.56 Å². The third-order valence-corrected chi connectivity index (χ3v) is 4.14. The van der Waals surface area contributed by atoms with Gasteiger partial charge in [-0.05, 0) is 6.07 Å². The zero-order valence-electron chi connectivity index (χ0n) is 10.4. The summed E-state index contributed by atoms with van der Waals surface area (Å²) in [5.41, 5.74) is -2.98. The van der Waals surface area contributed by atoms with Crippen LogP contribution in [0.5, 0.6) is 0 Å². The van der Waals surface area contributed by atoms with Crippen LogP contribution in [0.25, 0.3) is 11.1 Å².